The van der Waals surface area contributed by atoms with Crippen molar-refractivity contribution in [1.82, 2.24) is 9.29 Å². The molecule has 1 aliphatic rings. The summed E-state index contributed by atoms with van der Waals surface area (Å²) in [6, 6.07) is 14.8. The maximum atomic E-state index is 13.0. The summed E-state index contributed by atoms with van der Waals surface area (Å²) in [7, 11) is -3.60. The van der Waals surface area contributed by atoms with Gasteiger partial charge in [-0.25, -0.2) is 13.4 Å². The second-order valence-corrected chi connectivity index (χ2v) is 11.4. The van der Waals surface area contributed by atoms with Gasteiger partial charge in [-0.05, 0) is 56.5 Å². The number of amides is 1. The highest BCUT2D eigenvalue weighted by molar-refractivity contribution is 7.89. The van der Waals surface area contributed by atoms with Gasteiger partial charge in [-0.15, -0.1) is 11.3 Å². The molecule has 0 saturated carbocycles. The number of aromatic nitrogens is 1. The predicted molar refractivity (Wildman–Crippen MR) is 134 cm³/mol. The van der Waals surface area contributed by atoms with Crippen LogP contribution in [-0.4, -0.2) is 43.3 Å². The van der Waals surface area contributed by atoms with E-state index >= 15 is 0 Å². The molecule has 0 atom stereocenters. The van der Waals surface area contributed by atoms with Crippen molar-refractivity contribution in [2.24, 2.45) is 5.92 Å². The molecule has 2 heterocycles. The fourth-order valence-electron chi connectivity index (χ4n) is 3.94. The third kappa shape index (κ3) is 5.84. The summed E-state index contributed by atoms with van der Waals surface area (Å²) >= 11 is 1.47. The van der Waals surface area contributed by atoms with Gasteiger partial charge in [0.25, 0.3) is 0 Å². The van der Waals surface area contributed by atoms with E-state index in [0.717, 1.165) is 11.3 Å². The van der Waals surface area contributed by atoms with Crippen molar-refractivity contribution in [3.63, 3.8) is 0 Å². The van der Waals surface area contributed by atoms with Crippen molar-refractivity contribution in [3.05, 3.63) is 70.7 Å². The number of nitrogens with zero attached hydrogens (tertiary/aromatic N) is 2. The van der Waals surface area contributed by atoms with Crippen LogP contribution in [0.15, 0.2) is 59.6 Å². The van der Waals surface area contributed by atoms with Crippen molar-refractivity contribution < 1.29 is 17.9 Å². The summed E-state index contributed by atoms with van der Waals surface area (Å²) in [6.45, 7) is 5.08. The molecule has 4 rings (SSSR count). The molecule has 34 heavy (non-hydrogen) atoms. The normalized spacial score (nSPS) is 15.2. The fraction of sp³-hybridized carbons (Fsp3) is 0.360. The lowest BCUT2D eigenvalue weighted by atomic mass is 9.97. The number of nitrogens with one attached hydrogen (secondary N) is 1. The zero-order valence-electron chi connectivity index (χ0n) is 19.4. The largest absolute Gasteiger partial charge is 0.494 e. The minimum atomic E-state index is -3.60. The van der Waals surface area contributed by atoms with E-state index in [9.17, 15) is 13.2 Å². The van der Waals surface area contributed by atoms with Gasteiger partial charge in [-0.1, -0.05) is 29.8 Å². The lowest BCUT2D eigenvalue weighted by Crippen LogP contribution is -2.41. The van der Waals surface area contributed by atoms with Gasteiger partial charge in [0.15, 0.2) is 5.13 Å². The van der Waals surface area contributed by atoms with E-state index in [1.807, 2.05) is 6.92 Å². The monoisotopic (exact) mass is 499 g/mol. The van der Waals surface area contributed by atoms with Crippen LogP contribution in [0.5, 0.6) is 5.75 Å². The molecule has 180 valence electrons. The van der Waals surface area contributed by atoms with Crippen molar-refractivity contribution in [3.8, 4) is 5.75 Å². The molecule has 0 bridgehead atoms. The van der Waals surface area contributed by atoms with Gasteiger partial charge in [0.1, 0.15) is 5.75 Å². The number of thiazole rings is 1. The molecule has 1 saturated heterocycles. The second kappa shape index (κ2) is 10.7. The molecule has 0 spiro atoms. The highest BCUT2D eigenvalue weighted by Gasteiger charge is 2.32. The number of aryl methyl sites for hydroxylation is 1. The van der Waals surface area contributed by atoms with Gasteiger partial charge < -0.3 is 10.1 Å². The Balaban J connectivity index is 1.30. The molecule has 1 N–H and O–H groups in total. The molecule has 1 aromatic heterocycles. The number of benzene rings is 2. The summed E-state index contributed by atoms with van der Waals surface area (Å²) in [6.07, 6.45) is 3.52. The molecular weight excluding hydrogens is 470 g/mol. The second-order valence-electron chi connectivity index (χ2n) is 8.37. The Kier molecular flexibility index (Phi) is 7.65. The molecule has 1 aliphatic heterocycles. The van der Waals surface area contributed by atoms with E-state index in [-0.39, 0.29) is 16.7 Å². The minimum Gasteiger partial charge on any atom is -0.494 e. The Morgan fingerprint density at radius 1 is 1.12 bits per heavy atom. The maximum Gasteiger partial charge on any atom is 0.243 e. The van der Waals surface area contributed by atoms with Crippen LogP contribution in [-0.2, 0) is 21.2 Å². The first-order valence-electron chi connectivity index (χ1n) is 11.4. The molecule has 1 amide bonds. The van der Waals surface area contributed by atoms with Gasteiger partial charge in [0.05, 0.1) is 11.5 Å². The van der Waals surface area contributed by atoms with Gasteiger partial charge in [0.2, 0.25) is 15.9 Å². The van der Waals surface area contributed by atoms with Crippen molar-refractivity contribution in [1.29, 1.82) is 0 Å². The summed E-state index contributed by atoms with van der Waals surface area (Å²) in [5, 5.41) is 3.50. The Morgan fingerprint density at radius 3 is 2.44 bits per heavy atom. The molecule has 1 fully saturated rings. The van der Waals surface area contributed by atoms with Crippen molar-refractivity contribution in [2.75, 3.05) is 25.0 Å². The quantitative estimate of drug-likeness (QED) is 0.494. The van der Waals surface area contributed by atoms with Gasteiger partial charge in [0, 0.05) is 36.5 Å². The number of carbonyl (C=O) groups is 1. The van der Waals surface area contributed by atoms with E-state index in [1.165, 1.54) is 26.8 Å². The van der Waals surface area contributed by atoms with Crippen LogP contribution < -0.4 is 10.1 Å². The fourth-order valence-corrected chi connectivity index (χ4v) is 6.26. The number of anilines is 1. The van der Waals surface area contributed by atoms with E-state index < -0.39 is 10.0 Å². The van der Waals surface area contributed by atoms with Crippen LogP contribution in [0.1, 0.15) is 35.8 Å². The smallest absolute Gasteiger partial charge is 0.243 e. The molecular formula is C25H29N3O4S2. The number of rotatable bonds is 8. The summed E-state index contributed by atoms with van der Waals surface area (Å²) in [5.74, 6) is 0.298. The first-order valence-corrected chi connectivity index (χ1v) is 13.6. The predicted octanol–water partition coefficient (Wildman–Crippen LogP) is 4.48. The molecule has 7 nitrogen and oxygen atoms in total. The highest BCUT2D eigenvalue weighted by atomic mass is 32.2. The third-order valence-electron chi connectivity index (χ3n) is 5.88. The zero-order valence-corrected chi connectivity index (χ0v) is 21.0. The van der Waals surface area contributed by atoms with Crippen LogP contribution >= 0.6 is 11.3 Å². The molecule has 0 radical (unpaired) electrons. The Morgan fingerprint density at radius 2 is 1.79 bits per heavy atom. The Hall–Kier alpha value is -2.75. The van der Waals surface area contributed by atoms with E-state index in [1.54, 1.807) is 30.5 Å². The minimum absolute atomic E-state index is 0.102. The average Bonchev–Trinajstić information content (AvgIpc) is 3.28. The number of hydrogen-bond acceptors (Lipinski definition) is 6. The zero-order chi connectivity index (χ0) is 24.1. The number of ether oxygens (including phenoxy) is 1. The van der Waals surface area contributed by atoms with Crippen LogP contribution in [0.4, 0.5) is 5.13 Å². The van der Waals surface area contributed by atoms with E-state index in [4.69, 9.17) is 4.74 Å². The highest BCUT2D eigenvalue weighted by Crippen LogP contribution is 2.27. The van der Waals surface area contributed by atoms with E-state index in [2.05, 4.69) is 41.5 Å². The molecule has 0 unspecified atom stereocenters. The summed E-state index contributed by atoms with van der Waals surface area (Å²) < 4.78 is 32.8. The Labute approximate surface area is 204 Å². The lowest BCUT2D eigenvalue weighted by Gasteiger charge is -2.30. The van der Waals surface area contributed by atoms with Gasteiger partial charge in [-0.2, -0.15) is 4.31 Å². The van der Waals surface area contributed by atoms with Crippen LogP contribution in [0, 0.1) is 12.8 Å². The number of sulfonamides is 1. The van der Waals surface area contributed by atoms with Crippen LogP contribution in [0.25, 0.3) is 0 Å². The topological polar surface area (TPSA) is 88.6 Å². The average molecular weight is 500 g/mol. The first kappa shape index (κ1) is 24.4. The van der Waals surface area contributed by atoms with Crippen LogP contribution in [0.3, 0.4) is 0 Å². The van der Waals surface area contributed by atoms with Gasteiger partial charge in [-0.3, -0.25) is 4.79 Å². The lowest BCUT2D eigenvalue weighted by molar-refractivity contribution is -0.120. The molecule has 9 heteroatoms. The maximum absolute atomic E-state index is 13.0. The SMILES string of the molecule is CCOc1ccc(S(=O)(=O)N2CCC(C(=O)Nc3ncc(Cc4ccc(C)cc4)s3)CC2)cc1. The Bertz CT molecular complexity index is 1210. The summed E-state index contributed by atoms with van der Waals surface area (Å²) in [5.41, 5.74) is 2.42. The third-order valence-corrected chi connectivity index (χ3v) is 8.71. The first-order chi connectivity index (χ1) is 16.3. The van der Waals surface area contributed by atoms with Gasteiger partial charge >= 0.3 is 0 Å². The summed E-state index contributed by atoms with van der Waals surface area (Å²) in [4.78, 5) is 18.4. The van der Waals surface area contributed by atoms with Crippen LogP contribution in [0.2, 0.25) is 0 Å². The number of piperidine rings is 1. The molecule has 3 aromatic rings. The van der Waals surface area contributed by atoms with Crippen molar-refractivity contribution in [2.45, 2.75) is 38.0 Å². The standard InChI is InChI=1S/C25H29N3O4S2/c1-3-32-21-8-10-23(11-9-21)34(30,31)28-14-12-20(13-15-28)24(29)27-25-26-17-22(33-25)16-19-6-4-18(2)5-7-19/h4-11,17,20H,3,12-16H2,1-2H3,(H,26,27,29). The van der Waals surface area contributed by atoms with Crippen molar-refractivity contribution >= 4 is 32.4 Å². The van der Waals surface area contributed by atoms with E-state index in [0.29, 0.717) is 43.4 Å². The molecule has 2 aromatic carbocycles. The number of hydrogen-bond donors (Lipinski definition) is 1. The number of carbonyl (C=O) groups excluding carboxylic acids is 1. The molecule has 0 aliphatic carbocycles.